The Morgan fingerprint density at radius 3 is 2.43 bits per heavy atom. The van der Waals surface area contributed by atoms with Gasteiger partial charge in [0.05, 0.1) is 5.69 Å². The molecule has 152 valence electrons. The van der Waals surface area contributed by atoms with E-state index in [4.69, 9.17) is 4.74 Å². The number of aromatic nitrogens is 2. The fourth-order valence-corrected chi connectivity index (χ4v) is 2.29. The number of ether oxygens (including phenoxy) is 1. The standard InChI is InChI=1S/C18H21F3N4O3/c1-17(2,3)28-16(27)23-10-11-6-5-7-12(8-11)25-13(15(26)22-4)9-14(24-25)18(19,20)21/h5-9H,10H2,1-4H3,(H,22,26)(H,23,27). The molecule has 1 aromatic carbocycles. The number of carbonyl (C=O) groups is 2. The van der Waals surface area contributed by atoms with Crippen LogP contribution in [0.3, 0.4) is 0 Å². The molecule has 0 aliphatic heterocycles. The number of benzene rings is 1. The number of nitrogens with zero attached hydrogens (tertiary/aromatic N) is 2. The van der Waals surface area contributed by atoms with Crippen LogP contribution in [0.2, 0.25) is 0 Å². The Morgan fingerprint density at radius 2 is 1.86 bits per heavy atom. The summed E-state index contributed by atoms with van der Waals surface area (Å²) in [5.74, 6) is -0.708. The summed E-state index contributed by atoms with van der Waals surface area (Å²) in [7, 11) is 1.31. The molecule has 1 aromatic heterocycles. The van der Waals surface area contributed by atoms with Gasteiger partial charge in [-0.25, -0.2) is 9.48 Å². The Kier molecular flexibility index (Phi) is 6.01. The normalized spacial score (nSPS) is 11.8. The lowest BCUT2D eigenvalue weighted by Gasteiger charge is -2.19. The number of amides is 2. The average molecular weight is 398 g/mol. The molecule has 2 rings (SSSR count). The number of halogens is 3. The van der Waals surface area contributed by atoms with Gasteiger partial charge in [-0.2, -0.15) is 18.3 Å². The number of nitrogens with one attached hydrogen (secondary N) is 2. The van der Waals surface area contributed by atoms with Gasteiger partial charge in [0.15, 0.2) is 5.69 Å². The van der Waals surface area contributed by atoms with Crippen molar-refractivity contribution >= 4 is 12.0 Å². The molecule has 0 aliphatic carbocycles. The lowest BCUT2D eigenvalue weighted by Crippen LogP contribution is -2.32. The SMILES string of the molecule is CNC(=O)c1cc(C(F)(F)F)nn1-c1cccc(CNC(=O)OC(C)(C)C)c1. The van der Waals surface area contributed by atoms with E-state index < -0.39 is 29.5 Å². The zero-order valence-corrected chi connectivity index (χ0v) is 15.8. The molecule has 0 saturated carbocycles. The van der Waals surface area contributed by atoms with Gasteiger partial charge in [0, 0.05) is 19.7 Å². The van der Waals surface area contributed by atoms with Crippen molar-refractivity contribution in [1.82, 2.24) is 20.4 Å². The molecule has 0 spiro atoms. The van der Waals surface area contributed by atoms with Crippen molar-refractivity contribution in [2.45, 2.75) is 39.1 Å². The van der Waals surface area contributed by atoms with Crippen LogP contribution in [-0.2, 0) is 17.5 Å². The van der Waals surface area contributed by atoms with Crippen molar-refractivity contribution < 1.29 is 27.5 Å². The number of rotatable bonds is 4. The van der Waals surface area contributed by atoms with Crippen LogP contribution in [0.5, 0.6) is 0 Å². The number of carbonyl (C=O) groups excluding carboxylic acids is 2. The first kappa shape index (κ1) is 21.3. The molecule has 2 amide bonds. The molecule has 0 bridgehead atoms. The van der Waals surface area contributed by atoms with Crippen molar-refractivity contribution in [2.75, 3.05) is 7.05 Å². The Balaban J connectivity index is 2.29. The second kappa shape index (κ2) is 7.91. The minimum Gasteiger partial charge on any atom is -0.444 e. The molecule has 0 fully saturated rings. The minimum atomic E-state index is -4.69. The van der Waals surface area contributed by atoms with Crippen molar-refractivity contribution in [1.29, 1.82) is 0 Å². The summed E-state index contributed by atoms with van der Waals surface area (Å²) in [5.41, 5.74) is -1.25. The second-order valence-corrected chi connectivity index (χ2v) is 6.93. The summed E-state index contributed by atoms with van der Waals surface area (Å²) in [4.78, 5) is 23.7. The van der Waals surface area contributed by atoms with Gasteiger partial charge in [-0.05, 0) is 38.5 Å². The van der Waals surface area contributed by atoms with Crippen LogP contribution in [0.4, 0.5) is 18.0 Å². The van der Waals surface area contributed by atoms with Gasteiger partial charge in [0.2, 0.25) is 0 Å². The first-order valence-electron chi connectivity index (χ1n) is 8.36. The number of alkyl carbamates (subject to hydrolysis) is 1. The molecule has 7 nitrogen and oxygen atoms in total. The Bertz CT molecular complexity index is 870. The summed E-state index contributed by atoms with van der Waals surface area (Å²) in [6.07, 6.45) is -5.31. The average Bonchev–Trinajstić information content (AvgIpc) is 3.04. The first-order valence-corrected chi connectivity index (χ1v) is 8.36. The van der Waals surface area contributed by atoms with Gasteiger partial charge in [0.25, 0.3) is 5.91 Å². The van der Waals surface area contributed by atoms with E-state index in [-0.39, 0.29) is 17.9 Å². The molecule has 2 aromatic rings. The molecule has 0 aliphatic rings. The lowest BCUT2D eigenvalue weighted by molar-refractivity contribution is -0.141. The van der Waals surface area contributed by atoms with E-state index in [1.54, 1.807) is 32.9 Å². The molecular formula is C18H21F3N4O3. The van der Waals surface area contributed by atoms with Crippen molar-refractivity contribution in [3.8, 4) is 5.69 Å². The molecule has 0 unspecified atom stereocenters. The van der Waals surface area contributed by atoms with E-state index in [0.717, 1.165) is 4.68 Å². The largest absolute Gasteiger partial charge is 0.444 e. The summed E-state index contributed by atoms with van der Waals surface area (Å²) >= 11 is 0. The topological polar surface area (TPSA) is 85.3 Å². The first-order chi connectivity index (χ1) is 12.9. The Labute approximate surface area is 159 Å². The zero-order chi connectivity index (χ0) is 21.1. The molecule has 2 N–H and O–H groups in total. The van der Waals surface area contributed by atoms with Crippen LogP contribution in [-0.4, -0.2) is 34.4 Å². The summed E-state index contributed by atoms with van der Waals surface area (Å²) in [6.45, 7) is 5.27. The monoisotopic (exact) mass is 398 g/mol. The Morgan fingerprint density at radius 1 is 1.18 bits per heavy atom. The smallest absolute Gasteiger partial charge is 0.435 e. The maximum Gasteiger partial charge on any atom is 0.435 e. The van der Waals surface area contributed by atoms with Crippen molar-refractivity contribution in [2.24, 2.45) is 0 Å². The molecule has 0 atom stereocenters. The van der Waals surface area contributed by atoms with Crippen LogP contribution >= 0.6 is 0 Å². The highest BCUT2D eigenvalue weighted by molar-refractivity contribution is 5.93. The maximum atomic E-state index is 13.0. The van der Waals surface area contributed by atoms with Crippen LogP contribution in [0, 0.1) is 0 Å². The maximum absolute atomic E-state index is 13.0. The highest BCUT2D eigenvalue weighted by Crippen LogP contribution is 2.29. The highest BCUT2D eigenvalue weighted by atomic mass is 19.4. The number of hydrogen-bond donors (Lipinski definition) is 2. The van der Waals surface area contributed by atoms with Crippen LogP contribution in [0.15, 0.2) is 30.3 Å². The van der Waals surface area contributed by atoms with Gasteiger partial charge in [-0.15, -0.1) is 0 Å². The Hall–Kier alpha value is -3.04. The third-order valence-electron chi connectivity index (χ3n) is 3.45. The van der Waals surface area contributed by atoms with Crippen molar-refractivity contribution in [3.05, 3.63) is 47.3 Å². The summed E-state index contributed by atoms with van der Waals surface area (Å²) < 4.78 is 45.1. The summed E-state index contributed by atoms with van der Waals surface area (Å²) in [5, 5.41) is 8.38. The third-order valence-corrected chi connectivity index (χ3v) is 3.45. The zero-order valence-electron chi connectivity index (χ0n) is 15.8. The molecule has 28 heavy (non-hydrogen) atoms. The predicted molar refractivity (Wildman–Crippen MR) is 95.0 cm³/mol. The van der Waals surface area contributed by atoms with Gasteiger partial charge in [0.1, 0.15) is 11.3 Å². The van der Waals surface area contributed by atoms with E-state index >= 15 is 0 Å². The summed E-state index contributed by atoms with van der Waals surface area (Å²) in [6, 6.07) is 6.98. The van der Waals surface area contributed by atoms with Gasteiger partial charge in [-0.3, -0.25) is 4.79 Å². The molecule has 0 saturated heterocycles. The van der Waals surface area contributed by atoms with E-state index in [0.29, 0.717) is 11.6 Å². The molecule has 1 heterocycles. The molecule has 0 radical (unpaired) electrons. The molecule has 10 heteroatoms. The van der Waals surface area contributed by atoms with E-state index in [1.807, 2.05) is 0 Å². The minimum absolute atomic E-state index is 0.0887. The van der Waals surface area contributed by atoms with Gasteiger partial charge < -0.3 is 15.4 Å². The second-order valence-electron chi connectivity index (χ2n) is 6.93. The van der Waals surface area contributed by atoms with E-state index in [1.165, 1.54) is 19.2 Å². The number of alkyl halides is 3. The number of hydrogen-bond acceptors (Lipinski definition) is 4. The van der Waals surface area contributed by atoms with E-state index in [9.17, 15) is 22.8 Å². The van der Waals surface area contributed by atoms with Gasteiger partial charge in [-0.1, -0.05) is 12.1 Å². The van der Waals surface area contributed by atoms with Crippen LogP contribution < -0.4 is 10.6 Å². The third kappa shape index (κ3) is 5.48. The van der Waals surface area contributed by atoms with Gasteiger partial charge >= 0.3 is 12.3 Å². The van der Waals surface area contributed by atoms with Crippen LogP contribution in [0.25, 0.3) is 5.69 Å². The highest BCUT2D eigenvalue weighted by Gasteiger charge is 2.36. The predicted octanol–water partition coefficient (Wildman–Crippen LogP) is 3.28. The van der Waals surface area contributed by atoms with E-state index in [2.05, 4.69) is 15.7 Å². The quantitative estimate of drug-likeness (QED) is 0.828. The lowest BCUT2D eigenvalue weighted by atomic mass is 10.2. The fourth-order valence-electron chi connectivity index (χ4n) is 2.29. The van der Waals surface area contributed by atoms with Crippen molar-refractivity contribution in [3.63, 3.8) is 0 Å². The molecular weight excluding hydrogens is 377 g/mol. The van der Waals surface area contributed by atoms with Crippen LogP contribution in [0.1, 0.15) is 42.5 Å². The fraction of sp³-hybridized carbons (Fsp3) is 0.389.